The van der Waals surface area contributed by atoms with E-state index in [1.807, 2.05) is 37.3 Å². The zero-order valence-electron chi connectivity index (χ0n) is 6.66. The monoisotopic (exact) mass is 164 g/mol. The lowest BCUT2D eigenvalue weighted by Crippen LogP contribution is -1.96. The van der Waals surface area contributed by atoms with E-state index in [9.17, 15) is 4.79 Å². The molecule has 0 aliphatic rings. The lowest BCUT2D eigenvalue weighted by Gasteiger charge is -2.05. The molecule has 0 heterocycles. The van der Waals surface area contributed by atoms with Crippen molar-refractivity contribution in [1.82, 2.24) is 0 Å². The summed E-state index contributed by atoms with van der Waals surface area (Å²) in [6.07, 6.45) is 1.89. The van der Waals surface area contributed by atoms with Gasteiger partial charge in [0, 0.05) is 5.92 Å². The van der Waals surface area contributed by atoms with Gasteiger partial charge < -0.3 is 4.79 Å². The molecule has 12 heavy (non-hydrogen) atoms. The Morgan fingerprint density at radius 3 is 2.33 bits per heavy atom. The lowest BCUT2D eigenvalue weighted by molar-refractivity contribution is -0.109. The minimum atomic E-state index is 0. The number of hydrogen-bond acceptors (Lipinski definition) is 1. The third-order valence-corrected chi connectivity index (χ3v) is 1.83. The van der Waals surface area contributed by atoms with Gasteiger partial charge >= 0.3 is 0 Å². The van der Waals surface area contributed by atoms with Gasteiger partial charge in [0.15, 0.2) is 0 Å². The first-order chi connectivity index (χ1) is 5.38. The molecule has 0 saturated carbocycles. The molecule has 1 aromatic carbocycles. The fraction of sp³-hybridized carbons (Fsp3) is 0.364. The van der Waals surface area contributed by atoms with Crippen molar-refractivity contribution < 1.29 is 4.79 Å². The van der Waals surface area contributed by atoms with Crippen molar-refractivity contribution in [3.05, 3.63) is 35.9 Å². The number of benzene rings is 1. The highest BCUT2D eigenvalue weighted by molar-refractivity contribution is 5.61. The SMILES string of the molecule is C.CCC(C=O)c1ccccc1. The lowest BCUT2D eigenvalue weighted by atomic mass is 9.98. The van der Waals surface area contributed by atoms with Crippen LogP contribution in [0.2, 0.25) is 0 Å². The summed E-state index contributed by atoms with van der Waals surface area (Å²) < 4.78 is 0. The average molecular weight is 164 g/mol. The molecular weight excluding hydrogens is 148 g/mol. The van der Waals surface area contributed by atoms with Gasteiger partial charge in [-0.1, -0.05) is 44.7 Å². The predicted molar refractivity (Wildman–Crippen MR) is 52.3 cm³/mol. The molecule has 0 N–H and O–H groups in total. The highest BCUT2D eigenvalue weighted by Crippen LogP contribution is 2.15. The summed E-state index contributed by atoms with van der Waals surface area (Å²) in [7, 11) is 0. The molecule has 0 amide bonds. The summed E-state index contributed by atoms with van der Waals surface area (Å²) >= 11 is 0. The molecule has 1 heteroatoms. The van der Waals surface area contributed by atoms with Crippen molar-refractivity contribution >= 4 is 6.29 Å². The topological polar surface area (TPSA) is 17.1 Å². The first kappa shape index (κ1) is 10.9. The summed E-state index contributed by atoms with van der Waals surface area (Å²) in [6.45, 7) is 2.02. The maximum Gasteiger partial charge on any atom is 0.127 e. The van der Waals surface area contributed by atoms with Crippen LogP contribution in [0.4, 0.5) is 0 Å². The molecule has 1 rings (SSSR count). The molecule has 0 fully saturated rings. The second-order valence-corrected chi connectivity index (χ2v) is 2.56. The first-order valence-electron chi connectivity index (χ1n) is 3.88. The average Bonchev–Trinajstić information content (AvgIpc) is 2.09. The van der Waals surface area contributed by atoms with Crippen LogP contribution in [0.15, 0.2) is 30.3 Å². The van der Waals surface area contributed by atoms with Crippen molar-refractivity contribution in [2.45, 2.75) is 26.7 Å². The van der Waals surface area contributed by atoms with Gasteiger partial charge in [-0.3, -0.25) is 0 Å². The van der Waals surface area contributed by atoms with E-state index in [0.29, 0.717) is 0 Å². The van der Waals surface area contributed by atoms with Crippen LogP contribution in [0.3, 0.4) is 0 Å². The van der Waals surface area contributed by atoms with Gasteiger partial charge in [0.25, 0.3) is 0 Å². The maximum absolute atomic E-state index is 10.5. The first-order valence-corrected chi connectivity index (χ1v) is 3.88. The van der Waals surface area contributed by atoms with Crippen LogP contribution in [0.5, 0.6) is 0 Å². The normalized spacial score (nSPS) is 11.4. The van der Waals surface area contributed by atoms with E-state index in [1.165, 1.54) is 0 Å². The quantitative estimate of drug-likeness (QED) is 0.627. The van der Waals surface area contributed by atoms with Crippen molar-refractivity contribution in [2.24, 2.45) is 0 Å². The summed E-state index contributed by atoms with van der Waals surface area (Å²) in [4.78, 5) is 10.5. The van der Waals surface area contributed by atoms with Crippen molar-refractivity contribution in [3.63, 3.8) is 0 Å². The Kier molecular flexibility index (Phi) is 5.02. The molecule has 66 valence electrons. The van der Waals surface area contributed by atoms with Crippen LogP contribution in [-0.4, -0.2) is 6.29 Å². The zero-order valence-corrected chi connectivity index (χ0v) is 6.66. The minimum absolute atomic E-state index is 0. The Bertz CT molecular complexity index is 216. The molecular formula is C11H16O. The Morgan fingerprint density at radius 1 is 1.33 bits per heavy atom. The highest BCUT2D eigenvalue weighted by atomic mass is 16.1. The van der Waals surface area contributed by atoms with Crippen molar-refractivity contribution in [1.29, 1.82) is 0 Å². The number of aldehydes is 1. The summed E-state index contributed by atoms with van der Waals surface area (Å²) in [6, 6.07) is 9.86. The van der Waals surface area contributed by atoms with Crippen LogP contribution in [0, 0.1) is 0 Å². The molecule has 0 aliphatic heterocycles. The molecule has 1 atom stereocenters. The molecule has 1 unspecified atom stereocenters. The van der Waals surface area contributed by atoms with E-state index >= 15 is 0 Å². The fourth-order valence-electron chi connectivity index (χ4n) is 1.11. The molecule has 1 nitrogen and oxygen atoms in total. The second-order valence-electron chi connectivity index (χ2n) is 2.56. The summed E-state index contributed by atoms with van der Waals surface area (Å²) in [5, 5.41) is 0. The molecule has 0 radical (unpaired) electrons. The van der Waals surface area contributed by atoms with Crippen molar-refractivity contribution in [2.75, 3.05) is 0 Å². The standard InChI is InChI=1S/C10H12O.CH4/c1-2-9(8-11)10-6-4-3-5-7-10;/h3-9H,2H2,1H3;1H4. The summed E-state index contributed by atoms with van der Waals surface area (Å²) in [5.74, 6) is 0.0798. The maximum atomic E-state index is 10.5. The number of rotatable bonds is 3. The van der Waals surface area contributed by atoms with Gasteiger partial charge in [-0.25, -0.2) is 0 Å². The van der Waals surface area contributed by atoms with E-state index < -0.39 is 0 Å². The fourth-order valence-corrected chi connectivity index (χ4v) is 1.11. The molecule has 0 bridgehead atoms. The Labute approximate surface area is 74.4 Å². The Morgan fingerprint density at radius 2 is 1.92 bits per heavy atom. The molecule has 0 aromatic heterocycles. The number of hydrogen-bond donors (Lipinski definition) is 0. The highest BCUT2D eigenvalue weighted by Gasteiger charge is 2.04. The van der Waals surface area contributed by atoms with Crippen LogP contribution in [0.1, 0.15) is 32.3 Å². The van der Waals surface area contributed by atoms with Gasteiger partial charge in [0.1, 0.15) is 6.29 Å². The van der Waals surface area contributed by atoms with Gasteiger partial charge in [-0.05, 0) is 12.0 Å². The van der Waals surface area contributed by atoms with Crippen LogP contribution in [-0.2, 0) is 4.79 Å². The number of carbonyl (C=O) groups is 1. The van der Waals surface area contributed by atoms with E-state index in [-0.39, 0.29) is 13.3 Å². The van der Waals surface area contributed by atoms with Crippen LogP contribution < -0.4 is 0 Å². The Balaban J connectivity index is 0.00000121. The number of carbonyl (C=O) groups excluding carboxylic acids is 1. The molecule has 0 spiro atoms. The van der Waals surface area contributed by atoms with E-state index in [4.69, 9.17) is 0 Å². The largest absolute Gasteiger partial charge is 0.303 e. The van der Waals surface area contributed by atoms with Gasteiger partial charge in [-0.2, -0.15) is 0 Å². The third-order valence-electron chi connectivity index (χ3n) is 1.83. The molecule has 1 aromatic rings. The Hall–Kier alpha value is -1.11. The van der Waals surface area contributed by atoms with Crippen LogP contribution in [0.25, 0.3) is 0 Å². The van der Waals surface area contributed by atoms with E-state index in [2.05, 4.69) is 0 Å². The minimum Gasteiger partial charge on any atom is -0.303 e. The summed E-state index contributed by atoms with van der Waals surface area (Å²) in [5.41, 5.74) is 1.12. The molecule has 0 aliphatic carbocycles. The van der Waals surface area contributed by atoms with Crippen molar-refractivity contribution in [3.8, 4) is 0 Å². The van der Waals surface area contributed by atoms with Gasteiger partial charge in [0.2, 0.25) is 0 Å². The van der Waals surface area contributed by atoms with E-state index in [0.717, 1.165) is 18.3 Å². The predicted octanol–water partition coefficient (Wildman–Crippen LogP) is 3.02. The van der Waals surface area contributed by atoms with E-state index in [1.54, 1.807) is 0 Å². The van der Waals surface area contributed by atoms with Gasteiger partial charge in [0.05, 0.1) is 0 Å². The third kappa shape index (κ3) is 2.50. The second kappa shape index (κ2) is 5.53. The smallest absolute Gasteiger partial charge is 0.127 e. The zero-order chi connectivity index (χ0) is 8.10. The van der Waals surface area contributed by atoms with Crippen LogP contribution >= 0.6 is 0 Å². The van der Waals surface area contributed by atoms with Gasteiger partial charge in [-0.15, -0.1) is 0 Å². The molecule has 0 saturated heterocycles.